The highest BCUT2D eigenvalue weighted by atomic mass is 28.3. The van der Waals surface area contributed by atoms with Gasteiger partial charge in [-0.1, -0.05) is 0 Å². The van der Waals surface area contributed by atoms with Crippen LogP contribution in [0.5, 0.6) is 0 Å². The van der Waals surface area contributed by atoms with Crippen molar-refractivity contribution in [3.05, 3.63) is 0 Å². The Balaban J connectivity index is 3.35. The van der Waals surface area contributed by atoms with Gasteiger partial charge in [0, 0.05) is 26.4 Å². The molecule has 0 aromatic carbocycles. The monoisotopic (exact) mass is 250 g/mol. The second-order valence-corrected chi connectivity index (χ2v) is 4.65. The number of carbonyl (C=O) groups excluding carboxylic acids is 1. The van der Waals surface area contributed by atoms with Crippen LogP contribution in [0.2, 0.25) is 0 Å². The highest BCUT2D eigenvalue weighted by molar-refractivity contribution is 6.36. The van der Waals surface area contributed by atoms with Crippen LogP contribution in [0.15, 0.2) is 0 Å². The van der Waals surface area contributed by atoms with E-state index in [4.69, 9.17) is 19.0 Å². The lowest BCUT2D eigenvalue weighted by atomic mass is 10.3. The van der Waals surface area contributed by atoms with Gasteiger partial charge in [-0.05, 0) is 26.7 Å². The third-order valence-electron chi connectivity index (χ3n) is 1.73. The summed E-state index contributed by atoms with van der Waals surface area (Å²) in [6.07, 6.45) is 1.69. The number of hydrogen-bond acceptors (Lipinski definition) is 4. The molecule has 0 spiro atoms. The van der Waals surface area contributed by atoms with E-state index in [2.05, 4.69) is 5.32 Å². The molecular formula is C9H22N2O4Si. The van der Waals surface area contributed by atoms with Gasteiger partial charge >= 0.3 is 15.6 Å². The molecule has 0 aromatic rings. The quantitative estimate of drug-likeness (QED) is 0.430. The summed E-state index contributed by atoms with van der Waals surface area (Å²) >= 11 is 0. The summed E-state index contributed by atoms with van der Waals surface area (Å²) in [5, 5.41) is 2.52. The fourth-order valence-corrected chi connectivity index (χ4v) is 2.23. The van der Waals surface area contributed by atoms with Gasteiger partial charge in [-0.25, -0.2) is 4.79 Å². The van der Waals surface area contributed by atoms with Crippen LogP contribution >= 0.6 is 0 Å². The average Bonchev–Trinajstić information content (AvgIpc) is 2.23. The van der Waals surface area contributed by atoms with Crippen molar-refractivity contribution < 1.29 is 18.1 Å². The van der Waals surface area contributed by atoms with E-state index >= 15 is 0 Å². The molecule has 6 nitrogen and oxygen atoms in total. The Kier molecular flexibility index (Phi) is 10.4. The van der Waals surface area contributed by atoms with E-state index in [1.165, 1.54) is 0 Å². The number of hydrogen-bond donors (Lipinski definition) is 2. The second kappa shape index (κ2) is 10.9. The predicted octanol–water partition coefficient (Wildman–Crippen LogP) is 0.242. The number of amides is 2. The minimum atomic E-state index is -1.92. The Morgan fingerprint density at radius 2 is 1.81 bits per heavy atom. The minimum absolute atomic E-state index is 0.489. The van der Waals surface area contributed by atoms with Crippen molar-refractivity contribution in [1.29, 1.82) is 0 Å². The van der Waals surface area contributed by atoms with Crippen LogP contribution in [0.25, 0.3) is 0 Å². The van der Waals surface area contributed by atoms with E-state index in [-0.39, 0.29) is 0 Å². The van der Waals surface area contributed by atoms with Gasteiger partial charge in [0.25, 0.3) is 0 Å². The van der Waals surface area contributed by atoms with Crippen LogP contribution in [0, 0.1) is 0 Å². The highest BCUT2D eigenvalue weighted by Gasteiger charge is 2.12. The summed E-state index contributed by atoms with van der Waals surface area (Å²) in [6.45, 7) is 6.23. The Hall–Kier alpha value is -0.633. The van der Waals surface area contributed by atoms with Crippen LogP contribution in [-0.2, 0) is 13.3 Å². The normalized spacial score (nSPS) is 10.7. The molecule has 0 aliphatic carbocycles. The summed E-state index contributed by atoms with van der Waals surface area (Å²) < 4.78 is 16.1. The first-order valence-corrected chi connectivity index (χ1v) is 7.00. The van der Waals surface area contributed by atoms with Crippen LogP contribution in [0.1, 0.15) is 26.7 Å². The smallest absolute Gasteiger partial charge is 0.376 e. The van der Waals surface area contributed by atoms with Gasteiger partial charge in [0.2, 0.25) is 0 Å². The van der Waals surface area contributed by atoms with Crippen molar-refractivity contribution in [3.8, 4) is 0 Å². The highest BCUT2D eigenvalue weighted by Crippen LogP contribution is 1.96. The van der Waals surface area contributed by atoms with E-state index in [1.54, 1.807) is 0 Å². The molecule has 96 valence electrons. The number of nitrogens with one attached hydrogen (secondary N) is 1. The summed E-state index contributed by atoms with van der Waals surface area (Å²) in [5.41, 5.74) is 4.92. The Morgan fingerprint density at radius 1 is 1.19 bits per heavy atom. The van der Waals surface area contributed by atoms with Gasteiger partial charge < -0.3 is 24.3 Å². The molecule has 7 heteroatoms. The van der Waals surface area contributed by atoms with E-state index in [9.17, 15) is 4.79 Å². The molecule has 0 fully saturated rings. The number of unbranched alkanes of at least 4 members (excludes halogenated alkanes) is 1. The van der Waals surface area contributed by atoms with Crippen LogP contribution < -0.4 is 11.1 Å². The predicted molar refractivity (Wildman–Crippen MR) is 63.2 cm³/mol. The first-order valence-electron chi connectivity index (χ1n) is 5.58. The summed E-state index contributed by atoms with van der Waals surface area (Å²) in [7, 11) is -1.92. The van der Waals surface area contributed by atoms with Gasteiger partial charge in [0.15, 0.2) is 0 Å². The number of rotatable bonds is 10. The van der Waals surface area contributed by atoms with E-state index in [0.29, 0.717) is 26.4 Å². The Morgan fingerprint density at radius 3 is 2.31 bits per heavy atom. The van der Waals surface area contributed by atoms with Crippen molar-refractivity contribution in [2.75, 3.05) is 26.4 Å². The van der Waals surface area contributed by atoms with Crippen molar-refractivity contribution in [2.45, 2.75) is 26.7 Å². The molecule has 0 saturated heterocycles. The Labute approximate surface area is 98.4 Å². The van der Waals surface area contributed by atoms with E-state index in [0.717, 1.165) is 12.8 Å². The molecule has 0 atom stereocenters. The lowest BCUT2D eigenvalue weighted by Crippen LogP contribution is -2.30. The lowest BCUT2D eigenvalue weighted by molar-refractivity contribution is 0.101. The summed E-state index contributed by atoms with van der Waals surface area (Å²) in [4.78, 5) is 10.4. The van der Waals surface area contributed by atoms with Crippen molar-refractivity contribution in [2.24, 2.45) is 5.73 Å². The first kappa shape index (κ1) is 15.4. The van der Waals surface area contributed by atoms with Gasteiger partial charge in [0.1, 0.15) is 0 Å². The minimum Gasteiger partial charge on any atom is -0.376 e. The molecule has 2 amide bonds. The van der Waals surface area contributed by atoms with Crippen LogP contribution in [0.3, 0.4) is 0 Å². The fraction of sp³-hybridized carbons (Fsp3) is 0.889. The molecular weight excluding hydrogens is 228 g/mol. The number of nitrogens with two attached hydrogens (primary N) is 1. The van der Waals surface area contributed by atoms with Crippen LogP contribution in [0.4, 0.5) is 4.79 Å². The molecule has 0 unspecified atom stereocenters. The number of carbonyl (C=O) groups is 1. The molecule has 0 rings (SSSR count). The van der Waals surface area contributed by atoms with E-state index in [1.807, 2.05) is 13.8 Å². The zero-order valence-electron chi connectivity index (χ0n) is 10.0. The van der Waals surface area contributed by atoms with Gasteiger partial charge in [-0.15, -0.1) is 0 Å². The van der Waals surface area contributed by atoms with Crippen molar-refractivity contribution in [1.82, 2.24) is 5.32 Å². The number of urea groups is 1. The largest absolute Gasteiger partial charge is 0.484 e. The molecule has 0 heterocycles. The molecule has 3 N–H and O–H groups in total. The molecule has 0 saturated carbocycles. The molecule has 0 bridgehead atoms. The van der Waals surface area contributed by atoms with Gasteiger partial charge in [0.05, 0.1) is 0 Å². The molecule has 0 radical (unpaired) electrons. The zero-order valence-corrected chi connectivity index (χ0v) is 11.2. The molecule has 0 aromatic heterocycles. The maximum Gasteiger partial charge on any atom is 0.484 e. The van der Waals surface area contributed by atoms with E-state index < -0.39 is 15.6 Å². The molecule has 16 heavy (non-hydrogen) atoms. The van der Waals surface area contributed by atoms with Gasteiger partial charge in [-0.2, -0.15) is 0 Å². The zero-order chi connectivity index (χ0) is 12.2. The third-order valence-corrected chi connectivity index (χ3v) is 3.45. The van der Waals surface area contributed by atoms with Crippen LogP contribution in [-0.4, -0.2) is 41.9 Å². The second-order valence-electron chi connectivity index (χ2n) is 3.07. The lowest BCUT2D eigenvalue weighted by Gasteiger charge is -2.14. The SMILES string of the molecule is CCO[SiH](OCC)OCCCCNC(N)=O. The first-order chi connectivity index (χ1) is 7.70. The fourth-order valence-electron chi connectivity index (χ4n) is 1.03. The third kappa shape index (κ3) is 9.90. The standard InChI is InChI=1S/C9H22N2O4Si/c1-3-13-16(14-4-2)15-8-6-5-7-11-9(10)12/h16H,3-8H2,1-2H3,(H3,10,11,12). The number of primary amides is 1. The van der Waals surface area contributed by atoms with Crippen molar-refractivity contribution in [3.63, 3.8) is 0 Å². The summed E-state index contributed by atoms with van der Waals surface area (Å²) in [6, 6.07) is -0.489. The van der Waals surface area contributed by atoms with Crippen molar-refractivity contribution >= 4 is 15.6 Å². The maximum absolute atomic E-state index is 10.4. The molecule has 0 aliphatic rings. The molecule has 0 aliphatic heterocycles. The topological polar surface area (TPSA) is 82.8 Å². The maximum atomic E-state index is 10.4. The summed E-state index contributed by atoms with van der Waals surface area (Å²) in [5.74, 6) is 0. The average molecular weight is 250 g/mol. The Bertz CT molecular complexity index is 177. The van der Waals surface area contributed by atoms with Gasteiger partial charge in [-0.3, -0.25) is 0 Å².